The van der Waals surface area contributed by atoms with E-state index in [4.69, 9.17) is 4.74 Å². The number of ether oxygens (including phenoxy) is 1. The molecule has 0 radical (unpaired) electrons. The van der Waals surface area contributed by atoms with Crippen molar-refractivity contribution in [2.45, 2.75) is 12.5 Å². The second kappa shape index (κ2) is 7.29. The number of carbonyl (C=O) groups is 1. The first-order chi connectivity index (χ1) is 11.3. The number of rotatable bonds is 4. The van der Waals surface area contributed by atoms with Crippen LogP contribution in [0.3, 0.4) is 0 Å². The summed E-state index contributed by atoms with van der Waals surface area (Å²) < 4.78 is 4.83. The van der Waals surface area contributed by atoms with E-state index in [9.17, 15) is 4.79 Å². The van der Waals surface area contributed by atoms with Crippen molar-refractivity contribution in [1.82, 2.24) is 5.32 Å². The molecule has 1 aliphatic heterocycles. The monoisotopic (exact) mass is 310 g/mol. The second-order valence-corrected chi connectivity index (χ2v) is 5.78. The first-order valence-corrected chi connectivity index (χ1v) is 7.97. The SMILES string of the molecule is COC(=O)c1cccc(N2CCNC[C@@H]2Cc2ccccc2)c1. The highest BCUT2D eigenvalue weighted by molar-refractivity contribution is 5.90. The fourth-order valence-electron chi connectivity index (χ4n) is 3.10. The molecule has 2 aromatic rings. The molecule has 4 nitrogen and oxygen atoms in total. The Hall–Kier alpha value is -2.33. The van der Waals surface area contributed by atoms with Crippen molar-refractivity contribution in [2.24, 2.45) is 0 Å². The van der Waals surface area contributed by atoms with Crippen LogP contribution in [-0.2, 0) is 11.2 Å². The lowest BCUT2D eigenvalue weighted by atomic mass is 10.0. The molecular weight excluding hydrogens is 288 g/mol. The number of benzene rings is 2. The number of carbonyl (C=O) groups excluding carboxylic acids is 1. The first kappa shape index (κ1) is 15.6. The zero-order valence-electron chi connectivity index (χ0n) is 13.4. The number of piperazine rings is 1. The van der Waals surface area contributed by atoms with Crippen LogP contribution in [0.4, 0.5) is 5.69 Å². The largest absolute Gasteiger partial charge is 0.465 e. The Kier molecular flexibility index (Phi) is 4.93. The Morgan fingerprint density at radius 3 is 2.83 bits per heavy atom. The Balaban J connectivity index is 1.82. The smallest absolute Gasteiger partial charge is 0.337 e. The number of methoxy groups -OCH3 is 1. The maximum atomic E-state index is 11.8. The van der Waals surface area contributed by atoms with E-state index in [2.05, 4.69) is 40.5 Å². The van der Waals surface area contributed by atoms with Crippen LogP contribution in [0, 0.1) is 0 Å². The Bertz CT molecular complexity index is 657. The van der Waals surface area contributed by atoms with Crippen molar-refractivity contribution in [3.63, 3.8) is 0 Å². The quantitative estimate of drug-likeness (QED) is 0.881. The molecule has 1 heterocycles. The Morgan fingerprint density at radius 1 is 1.22 bits per heavy atom. The molecule has 4 heteroatoms. The van der Waals surface area contributed by atoms with Gasteiger partial charge in [-0.05, 0) is 30.2 Å². The highest BCUT2D eigenvalue weighted by atomic mass is 16.5. The topological polar surface area (TPSA) is 41.6 Å². The molecule has 1 atom stereocenters. The highest BCUT2D eigenvalue weighted by Crippen LogP contribution is 2.22. The van der Waals surface area contributed by atoms with Crippen molar-refractivity contribution < 1.29 is 9.53 Å². The fourth-order valence-corrected chi connectivity index (χ4v) is 3.10. The lowest BCUT2D eigenvalue weighted by Crippen LogP contribution is -2.52. The molecule has 1 N–H and O–H groups in total. The third-order valence-electron chi connectivity index (χ3n) is 4.26. The number of nitrogens with zero attached hydrogens (tertiary/aromatic N) is 1. The second-order valence-electron chi connectivity index (χ2n) is 5.78. The molecule has 0 saturated carbocycles. The lowest BCUT2D eigenvalue weighted by molar-refractivity contribution is 0.0600. The molecule has 3 rings (SSSR count). The van der Waals surface area contributed by atoms with Gasteiger partial charge >= 0.3 is 5.97 Å². The average molecular weight is 310 g/mol. The normalized spacial score (nSPS) is 17.8. The minimum Gasteiger partial charge on any atom is -0.465 e. The number of anilines is 1. The van der Waals surface area contributed by atoms with E-state index in [0.717, 1.165) is 31.7 Å². The third-order valence-corrected chi connectivity index (χ3v) is 4.26. The molecule has 0 aromatic heterocycles. The number of nitrogens with one attached hydrogen (secondary N) is 1. The zero-order chi connectivity index (χ0) is 16.1. The van der Waals surface area contributed by atoms with Crippen LogP contribution in [-0.4, -0.2) is 38.8 Å². The van der Waals surface area contributed by atoms with Gasteiger partial charge in [0.2, 0.25) is 0 Å². The molecule has 0 spiro atoms. The molecule has 23 heavy (non-hydrogen) atoms. The fraction of sp³-hybridized carbons (Fsp3) is 0.316. The summed E-state index contributed by atoms with van der Waals surface area (Å²) in [6.07, 6.45) is 0.982. The number of hydrogen-bond donors (Lipinski definition) is 1. The third kappa shape index (κ3) is 3.71. The predicted octanol–water partition coefficient (Wildman–Crippen LogP) is 2.49. The van der Waals surface area contributed by atoms with Gasteiger partial charge in [0.15, 0.2) is 0 Å². The van der Waals surface area contributed by atoms with E-state index in [0.29, 0.717) is 11.6 Å². The molecule has 0 aliphatic carbocycles. The maximum absolute atomic E-state index is 11.8. The molecule has 1 aliphatic rings. The van der Waals surface area contributed by atoms with Crippen LogP contribution in [0.15, 0.2) is 54.6 Å². The molecule has 0 unspecified atom stereocenters. The van der Waals surface area contributed by atoms with Crippen LogP contribution in [0.5, 0.6) is 0 Å². The van der Waals surface area contributed by atoms with E-state index >= 15 is 0 Å². The van der Waals surface area contributed by atoms with Crippen molar-refractivity contribution in [2.75, 3.05) is 31.6 Å². The van der Waals surface area contributed by atoms with Gasteiger partial charge in [0.25, 0.3) is 0 Å². The molecule has 2 aromatic carbocycles. The summed E-state index contributed by atoms with van der Waals surface area (Å²) >= 11 is 0. The van der Waals surface area contributed by atoms with Crippen LogP contribution in [0.1, 0.15) is 15.9 Å². The van der Waals surface area contributed by atoms with Gasteiger partial charge < -0.3 is 15.0 Å². The van der Waals surface area contributed by atoms with Crippen molar-refractivity contribution >= 4 is 11.7 Å². The summed E-state index contributed by atoms with van der Waals surface area (Å²) in [5.41, 5.74) is 3.01. The van der Waals surface area contributed by atoms with Gasteiger partial charge in [-0.1, -0.05) is 36.4 Å². The van der Waals surface area contributed by atoms with Gasteiger partial charge in [-0.2, -0.15) is 0 Å². The molecule has 1 fully saturated rings. The lowest BCUT2D eigenvalue weighted by Gasteiger charge is -2.38. The van der Waals surface area contributed by atoms with E-state index < -0.39 is 0 Å². The van der Waals surface area contributed by atoms with Crippen LogP contribution >= 0.6 is 0 Å². The number of esters is 1. The Morgan fingerprint density at radius 2 is 2.04 bits per heavy atom. The minimum absolute atomic E-state index is 0.290. The van der Waals surface area contributed by atoms with E-state index in [-0.39, 0.29) is 5.97 Å². The summed E-state index contributed by atoms with van der Waals surface area (Å²) in [6, 6.07) is 18.6. The van der Waals surface area contributed by atoms with E-state index in [1.54, 1.807) is 6.07 Å². The summed E-state index contributed by atoms with van der Waals surface area (Å²) in [5, 5.41) is 3.47. The molecular formula is C19H22N2O2. The maximum Gasteiger partial charge on any atom is 0.337 e. The first-order valence-electron chi connectivity index (χ1n) is 7.97. The zero-order valence-corrected chi connectivity index (χ0v) is 13.4. The summed E-state index contributed by atoms with van der Waals surface area (Å²) in [5.74, 6) is -0.290. The average Bonchev–Trinajstić information content (AvgIpc) is 2.62. The Labute approximate surface area is 137 Å². The van der Waals surface area contributed by atoms with Gasteiger partial charge in [-0.25, -0.2) is 4.79 Å². The van der Waals surface area contributed by atoms with Gasteiger partial charge in [0.1, 0.15) is 0 Å². The standard InChI is InChI=1S/C19H22N2O2/c1-23-19(22)16-8-5-9-17(13-16)21-11-10-20-14-18(21)12-15-6-3-2-4-7-15/h2-9,13,18,20H,10-12,14H2,1H3/t18-/m0/s1. The van der Waals surface area contributed by atoms with Gasteiger partial charge in [0.05, 0.1) is 12.7 Å². The van der Waals surface area contributed by atoms with Crippen molar-refractivity contribution in [3.05, 3.63) is 65.7 Å². The van der Waals surface area contributed by atoms with E-state index in [1.165, 1.54) is 12.7 Å². The highest BCUT2D eigenvalue weighted by Gasteiger charge is 2.23. The summed E-state index contributed by atoms with van der Waals surface area (Å²) in [6.45, 7) is 2.83. The summed E-state index contributed by atoms with van der Waals surface area (Å²) in [7, 11) is 1.41. The van der Waals surface area contributed by atoms with Crippen molar-refractivity contribution in [3.8, 4) is 0 Å². The summed E-state index contributed by atoms with van der Waals surface area (Å²) in [4.78, 5) is 14.2. The minimum atomic E-state index is -0.290. The van der Waals surface area contributed by atoms with Gasteiger partial charge in [-0.15, -0.1) is 0 Å². The molecule has 1 saturated heterocycles. The van der Waals surface area contributed by atoms with E-state index in [1.807, 2.05) is 18.2 Å². The molecule has 0 amide bonds. The molecule has 120 valence electrons. The van der Waals surface area contributed by atoms with Crippen molar-refractivity contribution in [1.29, 1.82) is 0 Å². The predicted molar refractivity (Wildman–Crippen MR) is 91.9 cm³/mol. The van der Waals surface area contributed by atoms with Crippen LogP contribution < -0.4 is 10.2 Å². The van der Waals surface area contributed by atoms with Gasteiger partial charge in [-0.3, -0.25) is 0 Å². The van der Waals surface area contributed by atoms with Crippen LogP contribution in [0.25, 0.3) is 0 Å². The van der Waals surface area contributed by atoms with Gasteiger partial charge in [0, 0.05) is 31.4 Å². The van der Waals surface area contributed by atoms with Crippen LogP contribution in [0.2, 0.25) is 0 Å². The number of hydrogen-bond acceptors (Lipinski definition) is 4. The molecule has 0 bridgehead atoms.